The van der Waals surface area contributed by atoms with E-state index in [2.05, 4.69) is 0 Å². The molecule has 0 atom stereocenters. The third kappa shape index (κ3) is 6.39. The molecule has 1 heterocycles. The van der Waals surface area contributed by atoms with E-state index in [0.717, 1.165) is 16.0 Å². The van der Waals surface area contributed by atoms with Gasteiger partial charge in [0.25, 0.3) is 0 Å². The van der Waals surface area contributed by atoms with Crippen LogP contribution in [0.5, 0.6) is 0 Å². The zero-order valence-electron chi connectivity index (χ0n) is 10.8. The van der Waals surface area contributed by atoms with Crippen molar-refractivity contribution in [3.05, 3.63) is 91.7 Å². The van der Waals surface area contributed by atoms with Gasteiger partial charge in [0.1, 0.15) is 0 Å². The summed E-state index contributed by atoms with van der Waals surface area (Å²) in [7, 11) is 0. The monoisotopic (exact) mass is 322 g/mol. The molecular formula is C17H14FeOS+2. The van der Waals surface area contributed by atoms with Gasteiger partial charge in [0.05, 0.1) is 4.88 Å². The molecule has 1 aromatic heterocycles. The molecular weight excluding hydrogens is 308 g/mol. The number of carbonyl (C=O) groups excluding carboxylic acids is 1. The van der Waals surface area contributed by atoms with Crippen molar-refractivity contribution >= 4 is 23.7 Å². The van der Waals surface area contributed by atoms with E-state index in [4.69, 9.17) is 0 Å². The van der Waals surface area contributed by atoms with Gasteiger partial charge in [0.2, 0.25) is 0 Å². The van der Waals surface area contributed by atoms with Gasteiger partial charge >= 0.3 is 17.1 Å². The van der Waals surface area contributed by atoms with Crippen LogP contribution in [0.3, 0.4) is 0 Å². The standard InChI is InChI=1S/C12H9OS.C5H5.Fe/c13-9-12-8-7-11(14-12)6-5-10-3-1-2-4-10;1-2-4-5-3-1;/h1-9H;1-5H;/q;;+2/b6-5+;;. The predicted octanol–water partition coefficient (Wildman–Crippen LogP) is 4.00. The van der Waals surface area contributed by atoms with Crippen molar-refractivity contribution in [1.29, 1.82) is 0 Å². The topological polar surface area (TPSA) is 17.1 Å². The molecule has 2 saturated carbocycles. The molecule has 0 aliphatic heterocycles. The fourth-order valence-electron chi connectivity index (χ4n) is 1.52. The summed E-state index contributed by atoms with van der Waals surface area (Å²) in [5.74, 6) is 1.19. The molecule has 0 amide bonds. The molecule has 0 N–H and O–H groups in total. The van der Waals surface area contributed by atoms with Crippen LogP contribution in [0.4, 0.5) is 0 Å². The third-order valence-electron chi connectivity index (χ3n) is 2.45. The Labute approximate surface area is 137 Å². The number of hydrogen-bond donors (Lipinski definition) is 0. The van der Waals surface area contributed by atoms with Crippen LogP contribution in [0.1, 0.15) is 14.5 Å². The first-order valence-corrected chi connectivity index (χ1v) is 6.81. The van der Waals surface area contributed by atoms with Crippen LogP contribution in [0.25, 0.3) is 6.08 Å². The summed E-state index contributed by atoms with van der Waals surface area (Å²) < 4.78 is 0. The molecule has 100 valence electrons. The molecule has 10 radical (unpaired) electrons. The average Bonchev–Trinajstić information content (AvgIpc) is 3.18. The summed E-state index contributed by atoms with van der Waals surface area (Å²) in [6, 6.07) is 3.79. The van der Waals surface area contributed by atoms with Crippen molar-refractivity contribution in [2.75, 3.05) is 0 Å². The second-order valence-electron chi connectivity index (χ2n) is 3.87. The molecule has 2 aliphatic carbocycles. The fraction of sp³-hybridized carbons (Fsp3) is 0. The smallest absolute Gasteiger partial charge is 0.297 e. The van der Waals surface area contributed by atoms with E-state index in [-0.39, 0.29) is 17.1 Å². The van der Waals surface area contributed by atoms with Crippen LogP contribution in [-0.4, -0.2) is 6.29 Å². The van der Waals surface area contributed by atoms with Crippen LogP contribution >= 0.6 is 11.3 Å². The number of aldehydes is 1. The van der Waals surface area contributed by atoms with Gasteiger partial charge < -0.3 is 0 Å². The second kappa shape index (κ2) is 10.4. The molecule has 3 heteroatoms. The normalized spacial score (nSPS) is 18.6. The minimum Gasteiger partial charge on any atom is -0.297 e. The van der Waals surface area contributed by atoms with Gasteiger partial charge in [-0.05, 0) is 76.0 Å². The summed E-state index contributed by atoms with van der Waals surface area (Å²) in [5.41, 5.74) is 0. The Morgan fingerprint density at radius 1 is 0.750 bits per heavy atom. The molecule has 0 spiro atoms. The summed E-state index contributed by atoms with van der Waals surface area (Å²) in [6.07, 6.45) is 23.0. The molecule has 0 unspecified atom stereocenters. The SMILES string of the molecule is O=Cc1ccc(/C=C/[C]2[CH][CH][CH][CH]2)s1.[CH]1[CH][CH][CH][CH]1.[Fe+2]. The van der Waals surface area contributed by atoms with Crippen molar-refractivity contribution in [3.63, 3.8) is 0 Å². The van der Waals surface area contributed by atoms with E-state index in [0.29, 0.717) is 0 Å². The predicted molar refractivity (Wildman–Crippen MR) is 80.7 cm³/mol. The minimum absolute atomic E-state index is 0. The fourth-order valence-corrected chi connectivity index (χ4v) is 2.25. The molecule has 2 fully saturated rings. The Balaban J connectivity index is 0.000000283. The van der Waals surface area contributed by atoms with E-state index >= 15 is 0 Å². The van der Waals surface area contributed by atoms with E-state index in [1.807, 2.05) is 82.1 Å². The zero-order chi connectivity index (χ0) is 13.3. The Hall–Kier alpha value is -0.371. The first kappa shape index (κ1) is 17.7. The van der Waals surface area contributed by atoms with E-state index in [1.165, 1.54) is 17.3 Å². The molecule has 0 saturated heterocycles. The van der Waals surface area contributed by atoms with Crippen LogP contribution in [0, 0.1) is 63.7 Å². The molecule has 1 aromatic rings. The van der Waals surface area contributed by atoms with E-state index < -0.39 is 0 Å². The number of thiophene rings is 1. The van der Waals surface area contributed by atoms with Crippen LogP contribution < -0.4 is 0 Å². The molecule has 3 rings (SSSR count). The summed E-state index contributed by atoms with van der Waals surface area (Å²) in [5, 5.41) is 0. The van der Waals surface area contributed by atoms with Gasteiger partial charge in [-0.25, -0.2) is 0 Å². The number of carbonyl (C=O) groups is 1. The summed E-state index contributed by atoms with van der Waals surface area (Å²) >= 11 is 1.50. The Bertz CT molecular complexity index is 393. The van der Waals surface area contributed by atoms with E-state index in [1.54, 1.807) is 0 Å². The van der Waals surface area contributed by atoms with Gasteiger partial charge in [-0.3, -0.25) is 4.79 Å². The van der Waals surface area contributed by atoms with Gasteiger partial charge in [0, 0.05) is 10.8 Å². The second-order valence-corrected chi connectivity index (χ2v) is 5.02. The molecule has 0 aromatic carbocycles. The van der Waals surface area contributed by atoms with Crippen molar-refractivity contribution in [3.8, 4) is 0 Å². The zero-order valence-corrected chi connectivity index (χ0v) is 12.7. The maximum atomic E-state index is 10.4. The van der Waals surface area contributed by atoms with Crippen molar-refractivity contribution in [2.45, 2.75) is 0 Å². The Morgan fingerprint density at radius 2 is 1.30 bits per heavy atom. The molecule has 2 aliphatic rings. The maximum Gasteiger partial charge on any atom is 2.00 e. The van der Waals surface area contributed by atoms with Crippen LogP contribution in [0.15, 0.2) is 18.2 Å². The minimum atomic E-state index is 0. The number of hydrogen-bond acceptors (Lipinski definition) is 2. The van der Waals surface area contributed by atoms with Crippen molar-refractivity contribution in [1.82, 2.24) is 0 Å². The summed E-state index contributed by atoms with van der Waals surface area (Å²) in [4.78, 5) is 12.3. The molecule has 20 heavy (non-hydrogen) atoms. The van der Waals surface area contributed by atoms with Crippen molar-refractivity contribution < 1.29 is 21.9 Å². The molecule has 0 bridgehead atoms. The van der Waals surface area contributed by atoms with E-state index in [9.17, 15) is 4.79 Å². The Morgan fingerprint density at radius 3 is 1.80 bits per heavy atom. The average molecular weight is 322 g/mol. The third-order valence-corrected chi connectivity index (χ3v) is 3.42. The maximum absolute atomic E-state index is 10.4. The largest absolute Gasteiger partial charge is 2.00 e. The van der Waals surface area contributed by atoms with Gasteiger partial charge in [-0.2, -0.15) is 0 Å². The quantitative estimate of drug-likeness (QED) is 0.607. The number of rotatable bonds is 3. The van der Waals surface area contributed by atoms with Crippen LogP contribution in [0.2, 0.25) is 0 Å². The Kier molecular flexibility index (Phi) is 9.17. The van der Waals surface area contributed by atoms with Crippen LogP contribution in [-0.2, 0) is 17.1 Å². The number of allylic oxidation sites excluding steroid dienone is 1. The van der Waals surface area contributed by atoms with Crippen molar-refractivity contribution in [2.24, 2.45) is 0 Å². The van der Waals surface area contributed by atoms with Gasteiger partial charge in [-0.1, -0.05) is 6.08 Å². The molecule has 1 nitrogen and oxygen atoms in total. The van der Waals surface area contributed by atoms with Gasteiger partial charge in [-0.15, -0.1) is 11.3 Å². The summed E-state index contributed by atoms with van der Waals surface area (Å²) in [6.45, 7) is 0. The first-order chi connectivity index (χ1) is 9.38. The first-order valence-electron chi connectivity index (χ1n) is 6.00. The van der Waals surface area contributed by atoms with Gasteiger partial charge in [0.15, 0.2) is 6.29 Å².